The number of rotatable bonds is 17. The van der Waals surface area contributed by atoms with Gasteiger partial charge in [0.05, 0.1) is 0 Å². The molecular weight excluding hydrogens is 589 g/mol. The van der Waals surface area contributed by atoms with E-state index in [-0.39, 0.29) is 0 Å². The molecule has 0 fully saturated rings. The van der Waals surface area contributed by atoms with Crippen molar-refractivity contribution in [3.8, 4) is 0 Å². The van der Waals surface area contributed by atoms with Crippen molar-refractivity contribution in [1.29, 1.82) is 0 Å². The van der Waals surface area contributed by atoms with Gasteiger partial charge in [-0.15, -0.1) is 0 Å². The van der Waals surface area contributed by atoms with Crippen molar-refractivity contribution in [2.75, 3.05) is 0 Å². The predicted octanol–water partition coefficient (Wildman–Crippen LogP) is 7.07. The van der Waals surface area contributed by atoms with Gasteiger partial charge in [0.25, 0.3) is 0 Å². The largest absolute Gasteiger partial charge is 0.517 e. The molecule has 0 amide bonds. The maximum atomic E-state index is 12.6. The third-order valence-corrected chi connectivity index (χ3v) is 27.9. The third kappa shape index (κ3) is 16.4. The van der Waals surface area contributed by atoms with Crippen LogP contribution >= 0.6 is 0 Å². The molecule has 0 aromatic carbocycles. The van der Waals surface area contributed by atoms with Gasteiger partial charge in [-0.2, -0.15) is 0 Å². The van der Waals surface area contributed by atoms with E-state index in [2.05, 4.69) is 65.5 Å². The Morgan fingerprint density at radius 3 is 1.14 bits per heavy atom. The molecular formula is C22H56O8Si7. The second-order valence-electron chi connectivity index (χ2n) is 13.7. The molecule has 0 aromatic rings. The van der Waals surface area contributed by atoms with Gasteiger partial charge in [-0.05, 0) is 105 Å². The maximum absolute atomic E-state index is 12.6. The van der Waals surface area contributed by atoms with Crippen LogP contribution in [0.15, 0.2) is 12.7 Å². The second kappa shape index (κ2) is 13.4. The first kappa shape index (κ1) is 37.5. The molecule has 37 heavy (non-hydrogen) atoms. The van der Waals surface area contributed by atoms with Crippen molar-refractivity contribution in [2.24, 2.45) is 0 Å². The van der Waals surface area contributed by atoms with E-state index in [4.69, 9.17) is 29.4 Å². The minimum absolute atomic E-state index is 0.512. The van der Waals surface area contributed by atoms with E-state index in [9.17, 15) is 4.79 Å². The molecule has 0 rings (SSSR count). The van der Waals surface area contributed by atoms with Gasteiger partial charge < -0.3 is 29.4 Å². The molecule has 0 aliphatic carbocycles. The summed E-state index contributed by atoms with van der Waals surface area (Å²) in [5, 5.41) is 0. The van der Waals surface area contributed by atoms with Gasteiger partial charge in [0.2, 0.25) is 0 Å². The summed E-state index contributed by atoms with van der Waals surface area (Å²) in [5.74, 6) is -0.534. The standard InChI is InChI=1S/C22H56O8Si7/c1-18-20-22(24-21(23)19-2)37(28-34(12,13)25-31(3,4)5,29-35(14,15)26-32(6,7)8)30-36(16,17)27-33(9,10)11/h19,22H,2,18,20H2,1,3-17H3. The zero-order valence-electron chi connectivity index (χ0n) is 26.5. The summed E-state index contributed by atoms with van der Waals surface area (Å²) < 4.78 is 46.9. The van der Waals surface area contributed by atoms with E-state index in [1.807, 2.05) is 46.2 Å². The molecule has 0 aliphatic heterocycles. The van der Waals surface area contributed by atoms with Crippen LogP contribution in [0.4, 0.5) is 0 Å². The Balaban J connectivity index is 7.14. The van der Waals surface area contributed by atoms with Crippen molar-refractivity contribution in [1.82, 2.24) is 0 Å². The molecule has 0 saturated carbocycles. The van der Waals surface area contributed by atoms with E-state index in [1.54, 1.807) is 0 Å². The number of esters is 1. The van der Waals surface area contributed by atoms with Crippen LogP contribution in [0.25, 0.3) is 0 Å². The molecule has 0 radical (unpaired) electrons. The topological polar surface area (TPSA) is 81.7 Å². The zero-order chi connectivity index (χ0) is 29.7. The van der Waals surface area contributed by atoms with E-state index in [0.29, 0.717) is 6.42 Å². The smallest absolute Gasteiger partial charge is 0.455 e. The van der Waals surface area contributed by atoms with Crippen LogP contribution in [-0.2, 0) is 34.2 Å². The van der Waals surface area contributed by atoms with Gasteiger partial charge >= 0.3 is 40.5 Å². The van der Waals surface area contributed by atoms with Crippen LogP contribution < -0.4 is 0 Å². The molecule has 1 unspecified atom stereocenters. The van der Waals surface area contributed by atoms with Crippen LogP contribution in [0.3, 0.4) is 0 Å². The van der Waals surface area contributed by atoms with E-state index in [0.717, 1.165) is 6.42 Å². The highest BCUT2D eigenvalue weighted by atomic mass is 28.5. The molecule has 8 nitrogen and oxygen atoms in total. The number of ether oxygens (including phenoxy) is 1. The van der Waals surface area contributed by atoms with Crippen molar-refractivity contribution >= 4 is 65.4 Å². The molecule has 15 heteroatoms. The molecule has 220 valence electrons. The first-order valence-corrected chi connectivity index (χ1v) is 33.7. The summed E-state index contributed by atoms with van der Waals surface area (Å²) in [7, 11) is -18.3. The number of carbonyl (C=O) groups excluding carboxylic acids is 1. The Morgan fingerprint density at radius 1 is 0.622 bits per heavy atom. The summed E-state index contributed by atoms with van der Waals surface area (Å²) in [6, 6.07) is 0. The van der Waals surface area contributed by atoms with Crippen molar-refractivity contribution in [3.05, 3.63) is 12.7 Å². The minimum atomic E-state index is -3.84. The third-order valence-electron chi connectivity index (χ3n) is 4.19. The number of hydrogen-bond acceptors (Lipinski definition) is 8. The molecule has 0 aliphatic rings. The van der Waals surface area contributed by atoms with Crippen LogP contribution in [-0.4, -0.2) is 71.1 Å². The van der Waals surface area contributed by atoms with E-state index in [1.165, 1.54) is 6.08 Å². The molecule has 0 spiro atoms. The average Bonchev–Trinajstić information content (AvgIpc) is 2.52. The second-order valence-corrected chi connectivity index (χ2v) is 41.5. The lowest BCUT2D eigenvalue weighted by atomic mass is 10.3. The van der Waals surface area contributed by atoms with Crippen LogP contribution in [0.1, 0.15) is 19.8 Å². The van der Waals surface area contributed by atoms with Crippen LogP contribution in [0, 0.1) is 0 Å². The molecule has 0 N–H and O–H groups in total. The van der Waals surface area contributed by atoms with Crippen molar-refractivity contribution in [2.45, 2.75) is 124 Å². The Labute approximate surface area is 235 Å². The monoisotopic (exact) mass is 644 g/mol. The molecule has 0 heterocycles. The van der Waals surface area contributed by atoms with Gasteiger partial charge in [-0.3, -0.25) is 0 Å². The van der Waals surface area contributed by atoms with Gasteiger partial charge in [0.1, 0.15) is 0 Å². The van der Waals surface area contributed by atoms with Gasteiger partial charge in [-0.25, -0.2) is 4.79 Å². The molecule has 0 bridgehead atoms. The predicted molar refractivity (Wildman–Crippen MR) is 170 cm³/mol. The lowest BCUT2D eigenvalue weighted by Crippen LogP contribution is -2.71. The fourth-order valence-electron chi connectivity index (χ4n) is 4.32. The molecule has 1 atom stereocenters. The molecule has 0 aromatic heterocycles. The van der Waals surface area contributed by atoms with E-state index < -0.39 is 71.1 Å². The summed E-state index contributed by atoms with van der Waals surface area (Å²) >= 11 is 0. The zero-order valence-corrected chi connectivity index (χ0v) is 33.5. The quantitative estimate of drug-likeness (QED) is 0.0945. The number of hydrogen-bond donors (Lipinski definition) is 0. The molecule has 0 saturated heterocycles. The Kier molecular flexibility index (Phi) is 13.6. The van der Waals surface area contributed by atoms with E-state index >= 15 is 0 Å². The maximum Gasteiger partial charge on any atom is 0.517 e. The summed E-state index contributed by atoms with van der Waals surface area (Å²) in [5.41, 5.74) is -0.742. The Morgan fingerprint density at radius 2 is 0.919 bits per heavy atom. The SMILES string of the molecule is C=CC(=O)OC(CCC)[Si](O[Si](C)(C)O[Si](C)(C)C)(O[Si](C)(C)O[Si](C)(C)C)O[Si](C)(C)O[Si](C)(C)C. The highest BCUT2D eigenvalue weighted by molar-refractivity contribution is 6.93. The minimum Gasteiger partial charge on any atom is -0.455 e. The lowest BCUT2D eigenvalue weighted by Gasteiger charge is -2.48. The van der Waals surface area contributed by atoms with Gasteiger partial charge in [0, 0.05) is 6.08 Å². The average molecular weight is 645 g/mol. The highest BCUT2D eigenvalue weighted by Crippen LogP contribution is 2.35. The summed E-state index contributed by atoms with van der Waals surface area (Å²) in [4.78, 5) is 12.6. The fourth-order valence-corrected chi connectivity index (χ4v) is 36.0. The van der Waals surface area contributed by atoms with Crippen molar-refractivity contribution < 1.29 is 34.2 Å². The Bertz CT molecular complexity index is 682. The van der Waals surface area contributed by atoms with Crippen LogP contribution in [0.2, 0.25) is 98.2 Å². The fraction of sp³-hybridized carbons (Fsp3) is 0.864. The number of carbonyl (C=O) groups is 1. The summed E-state index contributed by atoms with van der Waals surface area (Å²) in [6.45, 7) is 37.0. The van der Waals surface area contributed by atoms with Crippen LogP contribution in [0.5, 0.6) is 0 Å². The Hall–Kier alpha value is 0.488. The van der Waals surface area contributed by atoms with Gasteiger partial charge in [-0.1, -0.05) is 19.9 Å². The van der Waals surface area contributed by atoms with Gasteiger partial charge in [0.15, 0.2) is 30.7 Å². The normalized spacial score (nSPS) is 15.5. The van der Waals surface area contributed by atoms with Crippen molar-refractivity contribution in [3.63, 3.8) is 0 Å². The lowest BCUT2D eigenvalue weighted by molar-refractivity contribution is -0.142. The first-order valence-electron chi connectivity index (χ1n) is 13.2. The highest BCUT2D eigenvalue weighted by Gasteiger charge is 2.62. The first-order chi connectivity index (χ1) is 16.2. The summed E-state index contributed by atoms with van der Waals surface area (Å²) in [6.07, 6.45) is 2.42.